The molecule has 30 heavy (non-hydrogen) atoms. The molecular formula is C23H26Cl2N4O. The Hall–Kier alpha value is -2.08. The standard InChI is InChI=1S/C23H26Cl2N4O/c24-19-6-4-7-20(22(19)25)29-15-13-28(14-16-29)12-3-1-2-5-18-10-8-17-9-11-21(30)27-23(17)26-18/h4,6-11H,1-3,5,12-16H2,(H,26,27,30). The number of nitrogens with one attached hydrogen (secondary N) is 1. The molecule has 1 saturated heterocycles. The molecule has 0 radical (unpaired) electrons. The lowest BCUT2D eigenvalue weighted by Gasteiger charge is -2.36. The van der Waals surface area contributed by atoms with Crippen molar-refractivity contribution >= 4 is 39.9 Å². The molecule has 0 unspecified atom stereocenters. The van der Waals surface area contributed by atoms with Crippen LogP contribution in [0.25, 0.3) is 11.0 Å². The maximum Gasteiger partial charge on any atom is 0.249 e. The molecule has 0 spiro atoms. The number of rotatable bonds is 7. The van der Waals surface area contributed by atoms with Crippen LogP contribution in [0.4, 0.5) is 5.69 Å². The summed E-state index contributed by atoms with van der Waals surface area (Å²) in [6, 6.07) is 13.3. The molecule has 3 aromatic rings. The first-order valence-electron chi connectivity index (χ1n) is 10.5. The Morgan fingerprint density at radius 2 is 1.73 bits per heavy atom. The molecule has 0 amide bonds. The lowest BCUT2D eigenvalue weighted by molar-refractivity contribution is 0.252. The molecule has 1 aliphatic rings. The number of benzene rings is 1. The van der Waals surface area contributed by atoms with Crippen LogP contribution >= 0.6 is 23.2 Å². The highest BCUT2D eigenvalue weighted by Gasteiger charge is 2.19. The molecule has 4 rings (SSSR count). The molecule has 158 valence electrons. The highest BCUT2D eigenvalue weighted by atomic mass is 35.5. The van der Waals surface area contributed by atoms with Crippen LogP contribution in [0.3, 0.4) is 0 Å². The van der Waals surface area contributed by atoms with Crippen molar-refractivity contribution in [3.05, 3.63) is 68.6 Å². The largest absolute Gasteiger partial charge is 0.368 e. The molecule has 1 aliphatic heterocycles. The zero-order valence-electron chi connectivity index (χ0n) is 16.9. The van der Waals surface area contributed by atoms with Gasteiger partial charge in [-0.3, -0.25) is 9.69 Å². The van der Waals surface area contributed by atoms with Crippen molar-refractivity contribution in [3.63, 3.8) is 0 Å². The summed E-state index contributed by atoms with van der Waals surface area (Å²) < 4.78 is 0. The highest BCUT2D eigenvalue weighted by Crippen LogP contribution is 2.32. The van der Waals surface area contributed by atoms with E-state index in [1.165, 1.54) is 18.9 Å². The Kier molecular flexibility index (Phi) is 6.93. The van der Waals surface area contributed by atoms with E-state index in [9.17, 15) is 4.79 Å². The monoisotopic (exact) mass is 444 g/mol. The first-order valence-corrected chi connectivity index (χ1v) is 11.3. The molecule has 0 saturated carbocycles. The van der Waals surface area contributed by atoms with Crippen LogP contribution in [0.1, 0.15) is 25.0 Å². The fraction of sp³-hybridized carbons (Fsp3) is 0.391. The average molecular weight is 445 g/mol. The van der Waals surface area contributed by atoms with Crippen LogP contribution in [0, 0.1) is 0 Å². The van der Waals surface area contributed by atoms with Gasteiger partial charge in [0, 0.05) is 43.3 Å². The van der Waals surface area contributed by atoms with Gasteiger partial charge in [-0.1, -0.05) is 35.7 Å². The quantitative estimate of drug-likeness (QED) is 0.533. The fourth-order valence-electron chi connectivity index (χ4n) is 3.98. The number of anilines is 1. The summed E-state index contributed by atoms with van der Waals surface area (Å²) in [5.74, 6) is 0. The molecule has 1 N–H and O–H groups in total. The Morgan fingerprint density at radius 1 is 0.933 bits per heavy atom. The van der Waals surface area contributed by atoms with Crippen molar-refractivity contribution < 1.29 is 0 Å². The number of aromatic nitrogens is 2. The van der Waals surface area contributed by atoms with E-state index in [0.29, 0.717) is 15.7 Å². The van der Waals surface area contributed by atoms with Gasteiger partial charge in [-0.25, -0.2) is 4.98 Å². The van der Waals surface area contributed by atoms with E-state index >= 15 is 0 Å². The maximum atomic E-state index is 11.5. The molecule has 2 aromatic heterocycles. The van der Waals surface area contributed by atoms with E-state index in [1.54, 1.807) is 0 Å². The highest BCUT2D eigenvalue weighted by molar-refractivity contribution is 6.43. The zero-order chi connectivity index (χ0) is 20.9. The Bertz CT molecular complexity index is 1060. The topological polar surface area (TPSA) is 52.2 Å². The number of H-pyrrole nitrogens is 1. The van der Waals surface area contributed by atoms with E-state index in [1.807, 2.05) is 30.3 Å². The number of piperazine rings is 1. The number of fused-ring (bicyclic) bond motifs is 1. The van der Waals surface area contributed by atoms with Crippen LogP contribution in [0.2, 0.25) is 10.0 Å². The summed E-state index contributed by atoms with van der Waals surface area (Å²) in [5, 5.41) is 2.24. The molecule has 3 heterocycles. The first kappa shape index (κ1) is 21.2. The van der Waals surface area contributed by atoms with Crippen LogP contribution in [0.5, 0.6) is 0 Å². The van der Waals surface area contributed by atoms with Gasteiger partial charge in [-0.2, -0.15) is 0 Å². The van der Waals surface area contributed by atoms with E-state index in [4.69, 9.17) is 23.2 Å². The van der Waals surface area contributed by atoms with Gasteiger partial charge in [0.25, 0.3) is 0 Å². The third-order valence-electron chi connectivity index (χ3n) is 5.69. The SMILES string of the molecule is O=c1ccc2ccc(CCCCCN3CCN(c4cccc(Cl)c4Cl)CC3)nc2[nH]1. The molecule has 0 atom stereocenters. The molecule has 1 fully saturated rings. The normalized spacial score (nSPS) is 15.1. The Balaban J connectivity index is 1.18. The van der Waals surface area contributed by atoms with E-state index in [-0.39, 0.29) is 5.56 Å². The molecule has 5 nitrogen and oxygen atoms in total. The predicted molar refractivity (Wildman–Crippen MR) is 125 cm³/mol. The van der Waals surface area contributed by atoms with Gasteiger partial charge >= 0.3 is 0 Å². The summed E-state index contributed by atoms with van der Waals surface area (Å²) in [6.07, 6.45) is 4.40. The van der Waals surface area contributed by atoms with Gasteiger partial charge in [0.2, 0.25) is 5.56 Å². The minimum Gasteiger partial charge on any atom is -0.368 e. The lowest BCUT2D eigenvalue weighted by atomic mass is 10.1. The van der Waals surface area contributed by atoms with Crippen LogP contribution in [-0.4, -0.2) is 47.6 Å². The molecule has 1 aromatic carbocycles. The third-order valence-corrected chi connectivity index (χ3v) is 6.50. The third kappa shape index (κ3) is 5.15. The number of aromatic amines is 1. The number of unbranched alkanes of at least 4 members (excludes halogenated alkanes) is 2. The van der Waals surface area contributed by atoms with Gasteiger partial charge in [-0.15, -0.1) is 0 Å². The second-order valence-corrected chi connectivity index (χ2v) is 8.56. The second kappa shape index (κ2) is 9.82. The summed E-state index contributed by atoms with van der Waals surface area (Å²) in [6.45, 7) is 5.15. The summed E-state index contributed by atoms with van der Waals surface area (Å²) in [4.78, 5) is 23.7. The lowest BCUT2D eigenvalue weighted by Crippen LogP contribution is -2.46. The summed E-state index contributed by atoms with van der Waals surface area (Å²) in [7, 11) is 0. The van der Waals surface area contributed by atoms with Crippen LogP contribution in [0.15, 0.2) is 47.3 Å². The number of hydrogen-bond acceptors (Lipinski definition) is 4. The predicted octanol–water partition coefficient (Wildman–Crippen LogP) is 4.76. The van der Waals surface area contributed by atoms with Gasteiger partial charge in [-0.05, 0) is 56.1 Å². The Labute approximate surface area is 186 Å². The summed E-state index contributed by atoms with van der Waals surface area (Å²) in [5.41, 5.74) is 2.65. The molecule has 0 bridgehead atoms. The van der Waals surface area contributed by atoms with Crippen LogP contribution < -0.4 is 10.5 Å². The average Bonchev–Trinajstić information content (AvgIpc) is 2.76. The van der Waals surface area contributed by atoms with Crippen molar-refractivity contribution in [2.45, 2.75) is 25.7 Å². The first-order chi connectivity index (χ1) is 14.6. The Morgan fingerprint density at radius 3 is 2.57 bits per heavy atom. The number of hydrogen-bond donors (Lipinski definition) is 1. The number of halogens is 2. The van der Waals surface area contributed by atoms with Gasteiger partial charge in [0.05, 0.1) is 15.7 Å². The van der Waals surface area contributed by atoms with Crippen molar-refractivity contribution in [2.75, 3.05) is 37.6 Å². The van der Waals surface area contributed by atoms with Crippen molar-refractivity contribution in [3.8, 4) is 0 Å². The number of nitrogens with zero attached hydrogens (tertiary/aromatic N) is 3. The number of aryl methyl sites for hydroxylation is 1. The van der Waals surface area contributed by atoms with Crippen molar-refractivity contribution in [1.29, 1.82) is 0 Å². The summed E-state index contributed by atoms with van der Waals surface area (Å²) >= 11 is 12.5. The second-order valence-electron chi connectivity index (χ2n) is 7.78. The van der Waals surface area contributed by atoms with E-state index in [0.717, 1.165) is 62.3 Å². The van der Waals surface area contributed by atoms with Gasteiger partial charge in [0.15, 0.2) is 0 Å². The van der Waals surface area contributed by atoms with Crippen molar-refractivity contribution in [2.24, 2.45) is 0 Å². The van der Waals surface area contributed by atoms with Gasteiger partial charge in [0.1, 0.15) is 5.65 Å². The maximum absolute atomic E-state index is 11.5. The van der Waals surface area contributed by atoms with E-state index < -0.39 is 0 Å². The smallest absolute Gasteiger partial charge is 0.249 e. The molecule has 0 aliphatic carbocycles. The fourth-order valence-corrected chi connectivity index (χ4v) is 4.39. The molecule has 7 heteroatoms. The minimum atomic E-state index is -0.107. The zero-order valence-corrected chi connectivity index (χ0v) is 18.4. The molecular weight excluding hydrogens is 419 g/mol. The number of pyridine rings is 2. The van der Waals surface area contributed by atoms with Crippen LogP contribution in [-0.2, 0) is 6.42 Å². The van der Waals surface area contributed by atoms with E-state index in [2.05, 4.69) is 25.8 Å². The van der Waals surface area contributed by atoms with Gasteiger partial charge < -0.3 is 9.88 Å². The van der Waals surface area contributed by atoms with Crippen molar-refractivity contribution in [1.82, 2.24) is 14.9 Å². The minimum absolute atomic E-state index is 0.107.